The van der Waals surface area contributed by atoms with Crippen LogP contribution in [-0.4, -0.2) is 11.1 Å². The Morgan fingerprint density at radius 1 is 1.00 bits per heavy atom. The molecule has 2 heteroatoms. The number of carbonyl (C=O) groups is 1. The zero-order chi connectivity index (χ0) is 19.4. The minimum atomic E-state index is -0.622. The first-order valence-corrected chi connectivity index (χ1v) is 12.0. The molecule has 0 bridgehead atoms. The van der Waals surface area contributed by atoms with Crippen molar-refractivity contribution in [3.8, 4) is 0 Å². The average Bonchev–Trinajstić information content (AvgIpc) is 2.97. The Morgan fingerprint density at radius 3 is 2.44 bits per heavy atom. The smallest absolute Gasteiger partial charge is 0.303 e. The molecule has 4 aliphatic carbocycles. The molecule has 4 aliphatic rings. The Kier molecular flexibility index (Phi) is 5.17. The minimum absolute atomic E-state index is 0.350. The minimum Gasteiger partial charge on any atom is -0.481 e. The zero-order valence-corrected chi connectivity index (χ0v) is 18.2. The van der Waals surface area contributed by atoms with Crippen LogP contribution in [0.5, 0.6) is 0 Å². The molecule has 0 aromatic carbocycles. The molecule has 27 heavy (non-hydrogen) atoms. The molecule has 4 saturated carbocycles. The lowest BCUT2D eigenvalue weighted by atomic mass is 9.44. The molecule has 5 unspecified atom stereocenters. The fourth-order valence-corrected chi connectivity index (χ4v) is 9.00. The van der Waals surface area contributed by atoms with Gasteiger partial charge in [0.15, 0.2) is 0 Å². The van der Waals surface area contributed by atoms with E-state index >= 15 is 0 Å². The lowest BCUT2D eigenvalue weighted by Crippen LogP contribution is -2.53. The lowest BCUT2D eigenvalue weighted by Gasteiger charge is -2.61. The van der Waals surface area contributed by atoms with E-state index < -0.39 is 5.97 Å². The molecule has 0 spiro atoms. The second-order valence-corrected chi connectivity index (χ2v) is 11.7. The molecule has 0 amide bonds. The van der Waals surface area contributed by atoms with Crippen molar-refractivity contribution in [3.63, 3.8) is 0 Å². The highest BCUT2D eigenvalue weighted by molar-refractivity contribution is 5.66. The summed E-state index contributed by atoms with van der Waals surface area (Å²) in [6, 6.07) is 0. The predicted octanol–water partition coefficient (Wildman–Crippen LogP) is 6.78. The summed E-state index contributed by atoms with van der Waals surface area (Å²) in [6.07, 6.45) is 14.2. The van der Waals surface area contributed by atoms with Gasteiger partial charge < -0.3 is 5.11 Å². The summed E-state index contributed by atoms with van der Waals surface area (Å²) in [5, 5.41) is 9.11. The van der Waals surface area contributed by atoms with Crippen LogP contribution in [0.3, 0.4) is 0 Å². The highest BCUT2D eigenvalue weighted by atomic mass is 16.4. The van der Waals surface area contributed by atoms with Crippen molar-refractivity contribution in [2.75, 3.05) is 0 Å². The highest BCUT2D eigenvalue weighted by Gasteiger charge is 2.60. The van der Waals surface area contributed by atoms with E-state index in [0.717, 1.165) is 41.9 Å². The third kappa shape index (κ3) is 3.18. The van der Waals surface area contributed by atoms with Crippen LogP contribution in [0.2, 0.25) is 0 Å². The van der Waals surface area contributed by atoms with Gasteiger partial charge in [0, 0.05) is 6.42 Å². The van der Waals surface area contributed by atoms with Crippen LogP contribution >= 0.6 is 0 Å². The molecule has 9 atom stereocenters. The number of carboxylic acids is 1. The monoisotopic (exact) mass is 374 g/mol. The summed E-state index contributed by atoms with van der Waals surface area (Å²) in [6.45, 7) is 10.1. The maximum atomic E-state index is 11.1. The molecule has 4 fully saturated rings. The first-order chi connectivity index (χ1) is 12.8. The maximum Gasteiger partial charge on any atom is 0.303 e. The topological polar surface area (TPSA) is 37.3 Å². The number of rotatable bonds is 4. The molecule has 4 rings (SSSR count). The van der Waals surface area contributed by atoms with Crippen molar-refractivity contribution < 1.29 is 9.90 Å². The molecule has 0 radical (unpaired) electrons. The number of carboxylic acid groups (broad SMARTS) is 1. The third-order valence-corrected chi connectivity index (χ3v) is 10.5. The van der Waals surface area contributed by atoms with E-state index in [-0.39, 0.29) is 0 Å². The molecule has 2 nitrogen and oxygen atoms in total. The van der Waals surface area contributed by atoms with E-state index in [1.54, 1.807) is 0 Å². The van der Waals surface area contributed by atoms with Crippen LogP contribution in [0.15, 0.2) is 0 Å². The number of hydrogen-bond donors (Lipinski definition) is 1. The molecular weight excluding hydrogens is 332 g/mol. The molecule has 154 valence electrons. The van der Waals surface area contributed by atoms with E-state index in [0.29, 0.717) is 23.2 Å². The van der Waals surface area contributed by atoms with Crippen LogP contribution in [0.1, 0.15) is 98.3 Å². The SMILES string of the molecule is C[C@@H]1CC[C@@]2(C)C(CCC3C2CC[C@@]2(C)C3CCC2[C@H](C)CCC(=O)O)C1. The summed E-state index contributed by atoms with van der Waals surface area (Å²) in [7, 11) is 0. The second kappa shape index (κ2) is 7.06. The maximum absolute atomic E-state index is 11.1. The molecule has 1 N–H and O–H groups in total. The van der Waals surface area contributed by atoms with E-state index in [2.05, 4.69) is 27.7 Å². The second-order valence-electron chi connectivity index (χ2n) is 11.7. The van der Waals surface area contributed by atoms with Crippen LogP contribution in [0.25, 0.3) is 0 Å². The van der Waals surface area contributed by atoms with Crippen LogP contribution in [-0.2, 0) is 4.79 Å². The van der Waals surface area contributed by atoms with Crippen molar-refractivity contribution >= 4 is 5.97 Å². The van der Waals surface area contributed by atoms with Gasteiger partial charge in [-0.25, -0.2) is 0 Å². The van der Waals surface area contributed by atoms with Gasteiger partial charge in [-0.3, -0.25) is 4.79 Å². The Balaban J connectivity index is 1.51. The van der Waals surface area contributed by atoms with Crippen LogP contribution in [0, 0.1) is 52.3 Å². The molecule has 0 aromatic rings. The van der Waals surface area contributed by atoms with Crippen molar-refractivity contribution in [1.82, 2.24) is 0 Å². The van der Waals surface area contributed by atoms with E-state index in [9.17, 15) is 4.79 Å². The van der Waals surface area contributed by atoms with Crippen molar-refractivity contribution in [2.24, 2.45) is 52.3 Å². The Bertz CT molecular complexity index is 571. The van der Waals surface area contributed by atoms with Gasteiger partial charge in [0.25, 0.3) is 0 Å². The zero-order valence-electron chi connectivity index (χ0n) is 18.2. The van der Waals surface area contributed by atoms with Gasteiger partial charge in [0.2, 0.25) is 0 Å². The quantitative estimate of drug-likeness (QED) is 0.588. The van der Waals surface area contributed by atoms with Gasteiger partial charge >= 0.3 is 5.97 Å². The largest absolute Gasteiger partial charge is 0.481 e. The number of aliphatic carboxylic acids is 1. The van der Waals surface area contributed by atoms with Gasteiger partial charge in [0.05, 0.1) is 0 Å². The normalized spacial score (nSPS) is 50.4. The van der Waals surface area contributed by atoms with Crippen molar-refractivity contribution in [1.29, 1.82) is 0 Å². The molecule has 0 aromatic heterocycles. The number of hydrogen-bond acceptors (Lipinski definition) is 1. The Morgan fingerprint density at radius 2 is 1.70 bits per heavy atom. The van der Waals surface area contributed by atoms with Gasteiger partial charge in [-0.15, -0.1) is 0 Å². The molecule has 0 aliphatic heterocycles. The van der Waals surface area contributed by atoms with E-state index in [1.807, 2.05) is 0 Å². The highest BCUT2D eigenvalue weighted by Crippen LogP contribution is 2.68. The predicted molar refractivity (Wildman–Crippen MR) is 110 cm³/mol. The van der Waals surface area contributed by atoms with E-state index in [4.69, 9.17) is 5.11 Å². The lowest BCUT2D eigenvalue weighted by molar-refractivity contribution is -0.137. The van der Waals surface area contributed by atoms with Crippen molar-refractivity contribution in [2.45, 2.75) is 98.3 Å². The average molecular weight is 375 g/mol. The summed E-state index contributed by atoms with van der Waals surface area (Å²) in [5.41, 5.74) is 1.09. The third-order valence-electron chi connectivity index (χ3n) is 10.5. The van der Waals surface area contributed by atoms with Crippen LogP contribution < -0.4 is 0 Å². The first-order valence-electron chi connectivity index (χ1n) is 12.0. The Hall–Kier alpha value is -0.530. The first kappa shape index (κ1) is 19.8. The standard InChI is InChI=1S/C25H42O2/c1-16-11-13-24(3)18(15-16)6-7-19-21-9-8-20(17(2)5-10-23(26)27)25(21,4)14-12-22(19)24/h16-22H,5-15H2,1-4H3,(H,26,27)/t16-,17-,18?,19?,20?,21?,22?,24+,25-/m1/s1. The van der Waals surface area contributed by atoms with Crippen molar-refractivity contribution in [3.05, 3.63) is 0 Å². The summed E-state index contributed by atoms with van der Waals surface area (Å²) in [5.74, 6) is 5.45. The van der Waals surface area contributed by atoms with Gasteiger partial charge in [0.1, 0.15) is 0 Å². The van der Waals surface area contributed by atoms with Crippen LogP contribution in [0.4, 0.5) is 0 Å². The fraction of sp³-hybridized carbons (Fsp3) is 0.960. The number of fused-ring (bicyclic) bond motifs is 5. The van der Waals surface area contributed by atoms with E-state index in [1.165, 1.54) is 57.8 Å². The Labute approximate surface area is 166 Å². The molecular formula is C25H42O2. The van der Waals surface area contributed by atoms with Gasteiger partial charge in [-0.1, -0.05) is 34.1 Å². The summed E-state index contributed by atoms with van der Waals surface area (Å²) < 4.78 is 0. The fourth-order valence-electron chi connectivity index (χ4n) is 9.00. The summed E-state index contributed by atoms with van der Waals surface area (Å²) >= 11 is 0. The summed E-state index contributed by atoms with van der Waals surface area (Å²) in [4.78, 5) is 11.1. The molecule has 0 heterocycles. The van der Waals surface area contributed by atoms with Gasteiger partial charge in [-0.05, 0) is 110 Å². The van der Waals surface area contributed by atoms with Gasteiger partial charge in [-0.2, -0.15) is 0 Å². The molecule has 0 saturated heterocycles.